The first-order valence-corrected chi connectivity index (χ1v) is 9.06. The second-order valence-electron chi connectivity index (χ2n) is 6.28. The van der Waals surface area contributed by atoms with E-state index in [9.17, 15) is 15.3 Å². The number of aliphatic hydroxyl groups excluding tert-OH is 3. The molecule has 3 aromatic rings. The topological polar surface area (TPSA) is 99.8 Å². The highest BCUT2D eigenvalue weighted by Crippen LogP contribution is 2.38. The van der Waals surface area contributed by atoms with Gasteiger partial charge in [0.15, 0.2) is 6.23 Å². The van der Waals surface area contributed by atoms with Crippen molar-refractivity contribution in [3.8, 4) is 0 Å². The third-order valence-electron chi connectivity index (χ3n) is 4.53. The lowest BCUT2D eigenvalue weighted by Crippen LogP contribution is -2.33. The molecule has 142 valence electrons. The Morgan fingerprint density at radius 2 is 1.78 bits per heavy atom. The highest BCUT2D eigenvalue weighted by molar-refractivity contribution is 6.42. The fraction of sp³-hybridized carbons (Fsp3) is 0.278. The molecule has 0 saturated carbocycles. The number of aliphatic hydroxyl groups is 3. The van der Waals surface area contributed by atoms with E-state index >= 15 is 0 Å². The van der Waals surface area contributed by atoms with E-state index in [1.807, 2.05) is 30.3 Å². The van der Waals surface area contributed by atoms with Gasteiger partial charge in [-0.3, -0.25) is 4.57 Å². The number of aromatic nitrogens is 2. The van der Waals surface area contributed by atoms with Crippen molar-refractivity contribution < 1.29 is 20.1 Å². The van der Waals surface area contributed by atoms with Crippen LogP contribution < -0.4 is 5.32 Å². The number of para-hydroxylation sites is 1. The van der Waals surface area contributed by atoms with Gasteiger partial charge < -0.3 is 25.4 Å². The second-order valence-corrected chi connectivity index (χ2v) is 7.09. The van der Waals surface area contributed by atoms with Crippen LogP contribution in [0.1, 0.15) is 6.23 Å². The number of rotatable bonds is 4. The SMILES string of the molecule is OC[C@H]1O[C@@H](n2c(Nc3ccccc3)nc3cc(Cl)c(Cl)cc32)[C@H](O)[C@@H]1O. The van der Waals surface area contributed by atoms with E-state index in [-0.39, 0.29) is 0 Å². The van der Waals surface area contributed by atoms with Gasteiger partial charge in [0, 0.05) is 5.69 Å². The number of ether oxygens (including phenoxy) is 1. The largest absolute Gasteiger partial charge is 0.394 e. The Morgan fingerprint density at radius 3 is 2.44 bits per heavy atom. The molecule has 9 heteroatoms. The van der Waals surface area contributed by atoms with Crippen LogP contribution in [0.25, 0.3) is 11.0 Å². The van der Waals surface area contributed by atoms with Crippen molar-refractivity contribution in [2.24, 2.45) is 0 Å². The Labute approximate surface area is 164 Å². The number of halogens is 2. The molecule has 4 N–H and O–H groups in total. The molecule has 1 fully saturated rings. The molecule has 4 atom stereocenters. The average Bonchev–Trinajstić information content (AvgIpc) is 3.13. The van der Waals surface area contributed by atoms with Crippen molar-refractivity contribution in [3.05, 3.63) is 52.5 Å². The summed E-state index contributed by atoms with van der Waals surface area (Å²) in [4.78, 5) is 4.54. The predicted molar refractivity (Wildman–Crippen MR) is 102 cm³/mol. The standard InChI is InChI=1S/C18H17Cl2N3O4/c19-10-6-12-13(7-11(10)20)23(17-16(26)15(25)14(8-24)27-17)18(22-12)21-9-4-2-1-3-5-9/h1-7,14-17,24-26H,8H2,(H,21,22)/t14-,15-,16-,17-/m1/s1. The zero-order valence-electron chi connectivity index (χ0n) is 14.0. The summed E-state index contributed by atoms with van der Waals surface area (Å²) < 4.78 is 7.30. The van der Waals surface area contributed by atoms with E-state index in [4.69, 9.17) is 27.9 Å². The Hall–Kier alpha value is -1.87. The predicted octanol–water partition coefficient (Wildman–Crippen LogP) is 2.70. The average molecular weight is 410 g/mol. The summed E-state index contributed by atoms with van der Waals surface area (Å²) in [6.07, 6.45) is -4.37. The van der Waals surface area contributed by atoms with Crippen LogP contribution >= 0.6 is 23.2 Å². The quantitative estimate of drug-likeness (QED) is 0.528. The summed E-state index contributed by atoms with van der Waals surface area (Å²) in [5.41, 5.74) is 1.89. The molecule has 2 heterocycles. The summed E-state index contributed by atoms with van der Waals surface area (Å²) in [5, 5.41) is 33.9. The summed E-state index contributed by atoms with van der Waals surface area (Å²) in [5.74, 6) is 0.379. The molecule has 7 nitrogen and oxygen atoms in total. The van der Waals surface area contributed by atoms with Crippen LogP contribution in [0.5, 0.6) is 0 Å². The maximum Gasteiger partial charge on any atom is 0.210 e. The van der Waals surface area contributed by atoms with Crippen LogP contribution in [0.4, 0.5) is 11.6 Å². The third kappa shape index (κ3) is 3.27. The maximum atomic E-state index is 10.5. The lowest BCUT2D eigenvalue weighted by atomic mass is 10.1. The van der Waals surface area contributed by atoms with E-state index in [2.05, 4.69) is 10.3 Å². The first kappa shape index (κ1) is 18.5. The van der Waals surface area contributed by atoms with E-state index in [0.717, 1.165) is 5.69 Å². The van der Waals surface area contributed by atoms with Crippen LogP contribution in [0.2, 0.25) is 10.0 Å². The highest BCUT2D eigenvalue weighted by Gasteiger charge is 2.44. The van der Waals surface area contributed by atoms with Crippen LogP contribution in [0.3, 0.4) is 0 Å². The molecule has 1 saturated heterocycles. The number of hydrogen-bond acceptors (Lipinski definition) is 6. The minimum absolute atomic E-state index is 0.323. The molecular weight excluding hydrogens is 393 g/mol. The van der Waals surface area contributed by atoms with Crippen molar-refractivity contribution in [1.82, 2.24) is 9.55 Å². The van der Waals surface area contributed by atoms with Crippen molar-refractivity contribution in [2.45, 2.75) is 24.5 Å². The lowest BCUT2D eigenvalue weighted by Gasteiger charge is -2.20. The first-order valence-electron chi connectivity index (χ1n) is 8.31. The van der Waals surface area contributed by atoms with Crippen molar-refractivity contribution in [2.75, 3.05) is 11.9 Å². The third-order valence-corrected chi connectivity index (χ3v) is 5.26. The molecule has 4 rings (SSSR count). The van der Waals surface area contributed by atoms with Gasteiger partial charge >= 0.3 is 0 Å². The minimum atomic E-state index is -1.26. The smallest absolute Gasteiger partial charge is 0.210 e. The van der Waals surface area contributed by atoms with Gasteiger partial charge in [-0.1, -0.05) is 41.4 Å². The molecule has 1 aliphatic heterocycles. The van der Waals surface area contributed by atoms with Gasteiger partial charge in [0.2, 0.25) is 5.95 Å². The minimum Gasteiger partial charge on any atom is -0.394 e. The Bertz CT molecular complexity index is 966. The number of hydrogen-bond donors (Lipinski definition) is 4. The van der Waals surface area contributed by atoms with Crippen LogP contribution in [0, 0.1) is 0 Å². The van der Waals surface area contributed by atoms with E-state index in [0.29, 0.717) is 27.0 Å². The van der Waals surface area contributed by atoms with Gasteiger partial charge in [-0.05, 0) is 24.3 Å². The lowest BCUT2D eigenvalue weighted by molar-refractivity contribution is -0.0498. The maximum absolute atomic E-state index is 10.5. The molecular formula is C18H17Cl2N3O4. The fourth-order valence-corrected chi connectivity index (χ4v) is 3.50. The van der Waals surface area contributed by atoms with Gasteiger partial charge in [0.25, 0.3) is 0 Å². The Morgan fingerprint density at radius 1 is 1.07 bits per heavy atom. The summed E-state index contributed by atoms with van der Waals surface area (Å²) in [6.45, 7) is -0.421. The van der Waals surface area contributed by atoms with E-state index < -0.39 is 31.1 Å². The highest BCUT2D eigenvalue weighted by atomic mass is 35.5. The molecule has 1 aromatic heterocycles. The van der Waals surface area contributed by atoms with Crippen LogP contribution in [-0.4, -0.2) is 49.8 Å². The van der Waals surface area contributed by atoms with Crippen molar-refractivity contribution in [1.29, 1.82) is 0 Å². The van der Waals surface area contributed by atoms with Gasteiger partial charge in [0.1, 0.15) is 18.3 Å². The monoisotopic (exact) mass is 409 g/mol. The second kappa shape index (κ2) is 7.27. The molecule has 0 radical (unpaired) electrons. The molecule has 2 aromatic carbocycles. The van der Waals surface area contributed by atoms with Crippen LogP contribution in [0.15, 0.2) is 42.5 Å². The Balaban J connectivity index is 1.86. The fourth-order valence-electron chi connectivity index (χ4n) is 3.18. The number of nitrogens with zero attached hydrogens (tertiary/aromatic N) is 2. The molecule has 1 aliphatic rings. The van der Waals surface area contributed by atoms with Crippen molar-refractivity contribution >= 4 is 45.9 Å². The van der Waals surface area contributed by atoms with Gasteiger partial charge in [-0.2, -0.15) is 0 Å². The summed E-state index contributed by atoms with van der Waals surface area (Å²) in [6, 6.07) is 12.6. The molecule has 27 heavy (non-hydrogen) atoms. The summed E-state index contributed by atoms with van der Waals surface area (Å²) >= 11 is 12.3. The number of imidazole rings is 1. The van der Waals surface area contributed by atoms with Gasteiger partial charge in [-0.15, -0.1) is 0 Å². The number of nitrogens with one attached hydrogen (secondary N) is 1. The van der Waals surface area contributed by atoms with Gasteiger partial charge in [0.05, 0.1) is 27.7 Å². The first-order chi connectivity index (χ1) is 13.0. The number of benzene rings is 2. The number of anilines is 2. The zero-order valence-corrected chi connectivity index (χ0v) is 15.5. The molecule has 0 bridgehead atoms. The number of fused-ring (bicyclic) bond motifs is 1. The normalized spacial score (nSPS) is 25.2. The summed E-state index contributed by atoms with van der Waals surface area (Å²) in [7, 11) is 0. The van der Waals surface area contributed by atoms with Crippen LogP contribution in [-0.2, 0) is 4.74 Å². The molecule has 0 amide bonds. The Kier molecular flexibility index (Phi) is 4.98. The molecule has 0 aliphatic carbocycles. The molecule has 0 unspecified atom stereocenters. The zero-order chi connectivity index (χ0) is 19.1. The van der Waals surface area contributed by atoms with Crippen molar-refractivity contribution in [3.63, 3.8) is 0 Å². The van der Waals surface area contributed by atoms with Gasteiger partial charge in [-0.25, -0.2) is 4.98 Å². The molecule has 0 spiro atoms. The van der Waals surface area contributed by atoms with E-state index in [1.165, 1.54) is 0 Å². The van der Waals surface area contributed by atoms with E-state index in [1.54, 1.807) is 16.7 Å².